The molecule has 0 atom stereocenters. The SMILES string of the molecule is CC(C)N(C(C)C)P(O)O.c1ccc(CCc2ccccc2)cc1. The van der Waals surface area contributed by atoms with Crippen molar-refractivity contribution >= 4 is 8.53 Å². The van der Waals surface area contributed by atoms with Crippen LogP contribution in [0.1, 0.15) is 38.8 Å². The van der Waals surface area contributed by atoms with Crippen LogP contribution in [-0.2, 0) is 12.8 Å². The average molecular weight is 347 g/mol. The first-order valence-corrected chi connectivity index (χ1v) is 9.65. The Morgan fingerprint density at radius 2 is 1.04 bits per heavy atom. The van der Waals surface area contributed by atoms with Crippen molar-refractivity contribution in [1.29, 1.82) is 0 Å². The van der Waals surface area contributed by atoms with Crippen LogP contribution in [0.2, 0.25) is 0 Å². The van der Waals surface area contributed by atoms with E-state index in [1.807, 2.05) is 27.7 Å². The zero-order valence-corrected chi connectivity index (χ0v) is 16.0. The molecule has 2 aromatic rings. The van der Waals surface area contributed by atoms with Gasteiger partial charge in [0, 0.05) is 12.1 Å². The third-order valence-corrected chi connectivity index (χ3v) is 4.99. The molecule has 0 aliphatic heterocycles. The standard InChI is InChI=1S/C14H14.C6H16NO2P/c1-3-7-13(8-4-1)11-12-14-9-5-2-6-10-14;1-5(2)7(6(3)4)10(8)9/h1-10H,11-12H2;5-6,8-9H,1-4H3. The van der Waals surface area contributed by atoms with Crippen molar-refractivity contribution in [3.8, 4) is 0 Å². The molecule has 2 aromatic carbocycles. The molecule has 0 aliphatic carbocycles. The predicted octanol–water partition coefficient (Wildman–Crippen LogP) is 4.79. The number of rotatable bonds is 6. The maximum atomic E-state index is 8.90. The van der Waals surface area contributed by atoms with Gasteiger partial charge in [-0.1, -0.05) is 60.7 Å². The number of nitrogens with zero attached hydrogens (tertiary/aromatic N) is 1. The van der Waals surface area contributed by atoms with Gasteiger partial charge in [0.05, 0.1) is 0 Å². The summed E-state index contributed by atoms with van der Waals surface area (Å²) in [4.78, 5) is 17.8. The Balaban J connectivity index is 0.000000257. The van der Waals surface area contributed by atoms with Crippen molar-refractivity contribution in [2.24, 2.45) is 0 Å². The lowest BCUT2D eigenvalue weighted by atomic mass is 10.0. The number of hydrogen-bond donors (Lipinski definition) is 2. The molecule has 0 saturated carbocycles. The van der Waals surface area contributed by atoms with Crippen LogP contribution in [0.5, 0.6) is 0 Å². The van der Waals surface area contributed by atoms with E-state index in [1.165, 1.54) is 11.1 Å². The molecule has 0 bridgehead atoms. The van der Waals surface area contributed by atoms with Gasteiger partial charge in [0.1, 0.15) is 0 Å². The van der Waals surface area contributed by atoms with Crippen molar-refractivity contribution in [2.75, 3.05) is 0 Å². The van der Waals surface area contributed by atoms with Crippen LogP contribution >= 0.6 is 8.53 Å². The van der Waals surface area contributed by atoms with Gasteiger partial charge >= 0.3 is 0 Å². The summed E-state index contributed by atoms with van der Waals surface area (Å²) in [6, 6.07) is 21.6. The topological polar surface area (TPSA) is 43.7 Å². The molecule has 24 heavy (non-hydrogen) atoms. The Labute approximate surface area is 147 Å². The van der Waals surface area contributed by atoms with Crippen molar-refractivity contribution < 1.29 is 9.79 Å². The Morgan fingerprint density at radius 3 is 1.25 bits per heavy atom. The summed E-state index contributed by atoms with van der Waals surface area (Å²) < 4.78 is 1.68. The first-order valence-electron chi connectivity index (χ1n) is 8.45. The summed E-state index contributed by atoms with van der Waals surface area (Å²) in [5.74, 6) is 0. The van der Waals surface area contributed by atoms with E-state index >= 15 is 0 Å². The van der Waals surface area contributed by atoms with Crippen molar-refractivity contribution in [1.82, 2.24) is 4.67 Å². The molecule has 0 amide bonds. The second kappa shape index (κ2) is 11.3. The van der Waals surface area contributed by atoms with Gasteiger partial charge in [-0.25, -0.2) is 4.67 Å². The highest BCUT2D eigenvalue weighted by Crippen LogP contribution is 2.34. The summed E-state index contributed by atoms with van der Waals surface area (Å²) >= 11 is 0. The number of aryl methyl sites for hydroxylation is 2. The molecule has 0 fully saturated rings. The van der Waals surface area contributed by atoms with E-state index in [9.17, 15) is 0 Å². The molecule has 132 valence electrons. The Bertz CT molecular complexity index is 486. The largest absolute Gasteiger partial charge is 0.338 e. The van der Waals surface area contributed by atoms with E-state index < -0.39 is 8.53 Å². The maximum absolute atomic E-state index is 8.90. The molecular weight excluding hydrogens is 317 g/mol. The summed E-state index contributed by atoms with van der Waals surface area (Å²) in [7, 11) is -1.91. The monoisotopic (exact) mass is 347 g/mol. The third kappa shape index (κ3) is 8.03. The molecule has 0 unspecified atom stereocenters. The summed E-state index contributed by atoms with van der Waals surface area (Å²) in [6.07, 6.45) is 2.26. The zero-order valence-electron chi connectivity index (χ0n) is 15.1. The van der Waals surface area contributed by atoms with Gasteiger partial charge in [-0.3, -0.25) is 0 Å². The van der Waals surface area contributed by atoms with Crippen molar-refractivity contribution in [2.45, 2.75) is 52.6 Å². The quantitative estimate of drug-likeness (QED) is 0.739. The van der Waals surface area contributed by atoms with Gasteiger partial charge in [0.2, 0.25) is 0 Å². The fourth-order valence-electron chi connectivity index (χ4n) is 2.59. The first kappa shape index (κ1) is 20.8. The summed E-state index contributed by atoms with van der Waals surface area (Å²) in [6.45, 7) is 7.78. The number of benzene rings is 2. The smallest absolute Gasteiger partial charge is 0.253 e. The van der Waals surface area contributed by atoms with E-state index in [0.717, 1.165) is 12.8 Å². The summed E-state index contributed by atoms with van der Waals surface area (Å²) in [5.41, 5.74) is 2.83. The summed E-state index contributed by atoms with van der Waals surface area (Å²) in [5, 5.41) is 0. The van der Waals surface area contributed by atoms with E-state index in [-0.39, 0.29) is 12.1 Å². The zero-order chi connectivity index (χ0) is 17.9. The van der Waals surface area contributed by atoms with Crippen LogP contribution in [-0.4, -0.2) is 26.5 Å². The van der Waals surface area contributed by atoms with Crippen molar-refractivity contribution in [3.05, 3.63) is 71.8 Å². The van der Waals surface area contributed by atoms with Crippen LogP contribution in [0.15, 0.2) is 60.7 Å². The minimum Gasteiger partial charge on any atom is -0.338 e. The fraction of sp³-hybridized carbons (Fsp3) is 0.400. The lowest BCUT2D eigenvalue weighted by molar-refractivity contribution is 0.259. The fourth-order valence-corrected chi connectivity index (χ4v) is 3.41. The second-order valence-corrected chi connectivity index (χ2v) is 7.31. The molecule has 4 heteroatoms. The first-order chi connectivity index (χ1) is 11.4. The molecule has 0 heterocycles. The number of hydrogen-bond acceptors (Lipinski definition) is 3. The van der Waals surface area contributed by atoms with Gasteiger partial charge in [-0.15, -0.1) is 0 Å². The third-order valence-electron chi connectivity index (χ3n) is 3.65. The molecule has 2 N–H and O–H groups in total. The minimum atomic E-state index is -1.91. The van der Waals surface area contributed by atoms with Crippen molar-refractivity contribution in [3.63, 3.8) is 0 Å². The predicted molar refractivity (Wildman–Crippen MR) is 104 cm³/mol. The Morgan fingerprint density at radius 1 is 0.708 bits per heavy atom. The van der Waals surface area contributed by atoms with Crippen LogP contribution in [0.3, 0.4) is 0 Å². The van der Waals surface area contributed by atoms with E-state index in [2.05, 4.69) is 60.7 Å². The highest BCUT2D eigenvalue weighted by atomic mass is 31.2. The van der Waals surface area contributed by atoms with Gasteiger partial charge in [0.15, 0.2) is 0 Å². The normalized spacial score (nSPS) is 11.1. The van der Waals surface area contributed by atoms with Gasteiger partial charge in [-0.05, 0) is 51.7 Å². The van der Waals surface area contributed by atoms with E-state index in [4.69, 9.17) is 9.79 Å². The molecule has 0 saturated heterocycles. The lowest BCUT2D eigenvalue weighted by Gasteiger charge is -2.29. The highest BCUT2D eigenvalue weighted by Gasteiger charge is 2.20. The van der Waals surface area contributed by atoms with Crippen LogP contribution < -0.4 is 0 Å². The Hall–Kier alpha value is -1.25. The van der Waals surface area contributed by atoms with Crippen LogP contribution in [0.4, 0.5) is 0 Å². The van der Waals surface area contributed by atoms with Gasteiger partial charge < -0.3 is 9.79 Å². The molecular formula is C20H30NO2P. The molecule has 0 radical (unpaired) electrons. The molecule has 0 aliphatic rings. The molecule has 0 aromatic heterocycles. The average Bonchev–Trinajstić information content (AvgIpc) is 2.54. The van der Waals surface area contributed by atoms with E-state index in [0.29, 0.717) is 0 Å². The lowest BCUT2D eigenvalue weighted by Crippen LogP contribution is -2.31. The highest BCUT2D eigenvalue weighted by molar-refractivity contribution is 7.42. The second-order valence-electron chi connectivity index (χ2n) is 6.31. The van der Waals surface area contributed by atoms with Gasteiger partial charge in [0.25, 0.3) is 8.53 Å². The van der Waals surface area contributed by atoms with Gasteiger partial charge in [-0.2, -0.15) is 0 Å². The molecule has 0 spiro atoms. The molecule has 2 rings (SSSR count). The minimum absolute atomic E-state index is 0.195. The van der Waals surface area contributed by atoms with Crippen LogP contribution in [0, 0.1) is 0 Å². The molecule has 3 nitrogen and oxygen atoms in total. The Kier molecular flexibility index (Phi) is 9.82. The van der Waals surface area contributed by atoms with E-state index in [1.54, 1.807) is 4.67 Å². The maximum Gasteiger partial charge on any atom is 0.253 e. The van der Waals surface area contributed by atoms with Crippen LogP contribution in [0.25, 0.3) is 0 Å².